The molecule has 0 amide bonds. The smallest absolute Gasteiger partial charge is 0.0519 e. The minimum atomic E-state index is 0.459. The van der Waals surface area contributed by atoms with Crippen molar-refractivity contribution in [3.63, 3.8) is 0 Å². The van der Waals surface area contributed by atoms with Crippen molar-refractivity contribution >= 4 is 21.6 Å². The molecule has 0 spiro atoms. The van der Waals surface area contributed by atoms with Crippen LogP contribution in [0.2, 0.25) is 0 Å². The molecule has 2 aromatic carbocycles. The number of aryl methyl sites for hydroxylation is 1. The van der Waals surface area contributed by atoms with Gasteiger partial charge < -0.3 is 5.32 Å². The van der Waals surface area contributed by atoms with Gasteiger partial charge >= 0.3 is 0 Å². The molecule has 0 fully saturated rings. The minimum Gasteiger partial charge on any atom is -0.378 e. The molecule has 86 valence electrons. The van der Waals surface area contributed by atoms with Crippen molar-refractivity contribution in [3.05, 3.63) is 64.1 Å². The number of hydrogen-bond donors (Lipinski definition) is 1. The summed E-state index contributed by atoms with van der Waals surface area (Å²) in [7, 11) is 0. The molecule has 17 heavy (non-hydrogen) atoms. The maximum Gasteiger partial charge on any atom is 0.0519 e. The Balaban J connectivity index is 1.84. The Labute approximate surface area is 110 Å². The van der Waals surface area contributed by atoms with Crippen molar-refractivity contribution in [2.45, 2.75) is 18.9 Å². The third-order valence-electron chi connectivity index (χ3n) is 3.30. The van der Waals surface area contributed by atoms with E-state index in [2.05, 4.69) is 63.7 Å². The van der Waals surface area contributed by atoms with Crippen molar-refractivity contribution in [3.8, 4) is 0 Å². The molecule has 0 radical (unpaired) electrons. The van der Waals surface area contributed by atoms with Crippen molar-refractivity contribution < 1.29 is 0 Å². The van der Waals surface area contributed by atoms with E-state index in [0.29, 0.717) is 6.04 Å². The average Bonchev–Trinajstić information content (AvgIpc) is 2.73. The number of anilines is 1. The van der Waals surface area contributed by atoms with Crippen LogP contribution >= 0.6 is 15.9 Å². The fourth-order valence-electron chi connectivity index (χ4n) is 2.49. The Kier molecular flexibility index (Phi) is 2.89. The molecule has 0 heterocycles. The van der Waals surface area contributed by atoms with Gasteiger partial charge in [-0.15, -0.1) is 0 Å². The number of benzene rings is 2. The van der Waals surface area contributed by atoms with Gasteiger partial charge in [0.1, 0.15) is 0 Å². The van der Waals surface area contributed by atoms with Gasteiger partial charge in [-0.1, -0.05) is 46.3 Å². The Bertz CT molecular complexity index is 536. The maximum absolute atomic E-state index is 3.61. The molecule has 1 atom stereocenters. The van der Waals surface area contributed by atoms with Crippen LogP contribution in [0.5, 0.6) is 0 Å². The van der Waals surface area contributed by atoms with Gasteiger partial charge in [0.05, 0.1) is 6.04 Å². The van der Waals surface area contributed by atoms with Crippen LogP contribution in [0.4, 0.5) is 5.69 Å². The summed E-state index contributed by atoms with van der Waals surface area (Å²) in [6.07, 6.45) is 2.37. The molecule has 0 bridgehead atoms. The number of rotatable bonds is 2. The highest BCUT2D eigenvalue weighted by molar-refractivity contribution is 9.10. The third-order valence-corrected chi connectivity index (χ3v) is 3.79. The summed E-state index contributed by atoms with van der Waals surface area (Å²) in [5.41, 5.74) is 4.12. The molecule has 1 aliphatic carbocycles. The molecular weight excluding hydrogens is 274 g/mol. The fourth-order valence-corrected chi connectivity index (χ4v) is 2.89. The minimum absolute atomic E-state index is 0.459. The summed E-state index contributed by atoms with van der Waals surface area (Å²) in [4.78, 5) is 0. The largest absolute Gasteiger partial charge is 0.378 e. The molecule has 2 heteroatoms. The van der Waals surface area contributed by atoms with Crippen LogP contribution in [-0.4, -0.2) is 0 Å². The zero-order chi connectivity index (χ0) is 11.7. The Morgan fingerprint density at radius 1 is 1.06 bits per heavy atom. The summed E-state index contributed by atoms with van der Waals surface area (Å²) in [5.74, 6) is 0. The lowest BCUT2D eigenvalue weighted by molar-refractivity contribution is 0.762. The first-order valence-electron chi connectivity index (χ1n) is 5.93. The van der Waals surface area contributed by atoms with Crippen LogP contribution < -0.4 is 5.32 Å². The van der Waals surface area contributed by atoms with Crippen molar-refractivity contribution in [1.29, 1.82) is 0 Å². The van der Waals surface area contributed by atoms with E-state index in [-0.39, 0.29) is 0 Å². The van der Waals surface area contributed by atoms with Gasteiger partial charge in [0.2, 0.25) is 0 Å². The first-order chi connectivity index (χ1) is 8.33. The van der Waals surface area contributed by atoms with Gasteiger partial charge in [0, 0.05) is 10.2 Å². The molecule has 0 aromatic heterocycles. The SMILES string of the molecule is Brc1cccc(NC2CCc3ccccc32)c1. The third kappa shape index (κ3) is 2.22. The first-order valence-corrected chi connectivity index (χ1v) is 6.72. The van der Waals surface area contributed by atoms with Gasteiger partial charge in [-0.2, -0.15) is 0 Å². The van der Waals surface area contributed by atoms with Crippen LogP contribution in [-0.2, 0) is 6.42 Å². The summed E-state index contributed by atoms with van der Waals surface area (Å²) in [6.45, 7) is 0. The second-order valence-corrected chi connectivity index (χ2v) is 5.36. The molecule has 0 saturated heterocycles. The van der Waals surface area contributed by atoms with E-state index in [9.17, 15) is 0 Å². The van der Waals surface area contributed by atoms with Gasteiger partial charge in [0.25, 0.3) is 0 Å². The zero-order valence-electron chi connectivity index (χ0n) is 9.49. The van der Waals surface area contributed by atoms with Crippen LogP contribution in [0.15, 0.2) is 53.0 Å². The molecule has 3 rings (SSSR count). The van der Waals surface area contributed by atoms with E-state index in [1.165, 1.54) is 29.7 Å². The molecule has 1 aliphatic rings. The predicted octanol–water partition coefficient (Wildman–Crippen LogP) is 4.55. The van der Waals surface area contributed by atoms with Crippen LogP contribution in [0.25, 0.3) is 0 Å². The number of halogens is 1. The Morgan fingerprint density at radius 3 is 2.82 bits per heavy atom. The molecule has 1 N–H and O–H groups in total. The van der Waals surface area contributed by atoms with E-state index in [0.717, 1.165) is 4.47 Å². The van der Waals surface area contributed by atoms with Crippen LogP contribution in [0.1, 0.15) is 23.6 Å². The van der Waals surface area contributed by atoms with E-state index in [1.54, 1.807) is 0 Å². The highest BCUT2D eigenvalue weighted by Crippen LogP contribution is 2.33. The maximum atomic E-state index is 3.61. The highest BCUT2D eigenvalue weighted by Gasteiger charge is 2.21. The lowest BCUT2D eigenvalue weighted by Gasteiger charge is -2.15. The zero-order valence-corrected chi connectivity index (χ0v) is 11.1. The summed E-state index contributed by atoms with van der Waals surface area (Å²) >= 11 is 3.50. The predicted molar refractivity (Wildman–Crippen MR) is 75.3 cm³/mol. The fraction of sp³-hybridized carbons (Fsp3) is 0.200. The van der Waals surface area contributed by atoms with Crippen LogP contribution in [0, 0.1) is 0 Å². The first kappa shape index (κ1) is 10.8. The lowest BCUT2D eigenvalue weighted by atomic mass is 10.1. The van der Waals surface area contributed by atoms with E-state index in [1.807, 2.05) is 6.07 Å². The summed E-state index contributed by atoms with van der Waals surface area (Å²) < 4.78 is 1.12. The normalized spacial score (nSPS) is 17.8. The summed E-state index contributed by atoms with van der Waals surface area (Å²) in [5, 5.41) is 3.61. The Morgan fingerprint density at radius 2 is 1.94 bits per heavy atom. The van der Waals surface area contributed by atoms with Crippen molar-refractivity contribution in [2.24, 2.45) is 0 Å². The lowest BCUT2D eigenvalue weighted by Crippen LogP contribution is -2.06. The molecule has 1 nitrogen and oxygen atoms in total. The highest BCUT2D eigenvalue weighted by atomic mass is 79.9. The van der Waals surface area contributed by atoms with Crippen molar-refractivity contribution in [1.82, 2.24) is 0 Å². The second-order valence-electron chi connectivity index (χ2n) is 4.44. The average molecular weight is 288 g/mol. The monoisotopic (exact) mass is 287 g/mol. The number of hydrogen-bond acceptors (Lipinski definition) is 1. The molecule has 0 saturated carbocycles. The van der Waals surface area contributed by atoms with E-state index < -0.39 is 0 Å². The topological polar surface area (TPSA) is 12.0 Å². The molecular formula is C15H14BrN. The standard InChI is InChI=1S/C15H14BrN/c16-12-5-3-6-13(10-12)17-15-9-8-11-4-1-2-7-14(11)15/h1-7,10,15,17H,8-9H2. The van der Waals surface area contributed by atoms with E-state index in [4.69, 9.17) is 0 Å². The Hall–Kier alpha value is -1.28. The molecule has 0 aliphatic heterocycles. The second kappa shape index (κ2) is 4.53. The number of fused-ring (bicyclic) bond motifs is 1. The van der Waals surface area contributed by atoms with Gasteiger partial charge in [-0.05, 0) is 42.2 Å². The molecule has 2 aromatic rings. The van der Waals surface area contributed by atoms with Crippen molar-refractivity contribution in [2.75, 3.05) is 5.32 Å². The molecule has 1 unspecified atom stereocenters. The van der Waals surface area contributed by atoms with Gasteiger partial charge in [0.15, 0.2) is 0 Å². The number of nitrogens with one attached hydrogen (secondary N) is 1. The van der Waals surface area contributed by atoms with E-state index >= 15 is 0 Å². The summed E-state index contributed by atoms with van der Waals surface area (Å²) in [6, 6.07) is 17.5. The van der Waals surface area contributed by atoms with Gasteiger partial charge in [-0.25, -0.2) is 0 Å². The van der Waals surface area contributed by atoms with Crippen LogP contribution in [0.3, 0.4) is 0 Å². The van der Waals surface area contributed by atoms with Gasteiger partial charge in [-0.3, -0.25) is 0 Å². The quantitative estimate of drug-likeness (QED) is 0.855.